The molecule has 0 spiro atoms. The van der Waals surface area contributed by atoms with Crippen molar-refractivity contribution in [3.8, 4) is 0 Å². The third-order valence-corrected chi connectivity index (χ3v) is 11.5. The van der Waals surface area contributed by atoms with E-state index < -0.39 is 130 Å². The zero-order chi connectivity index (χ0) is 51.6. The number of carbonyl (C=O) groups is 10. The first-order valence-corrected chi connectivity index (χ1v) is 23.0. The minimum Gasteiger partial charge on any atom is -0.481 e. The number of amides is 9. The van der Waals surface area contributed by atoms with Crippen LogP contribution in [-0.4, -0.2) is 128 Å². The van der Waals surface area contributed by atoms with Gasteiger partial charge < -0.3 is 64.2 Å². The zero-order valence-electron chi connectivity index (χ0n) is 41.1. The fourth-order valence-corrected chi connectivity index (χ4v) is 6.94. The van der Waals surface area contributed by atoms with Crippen LogP contribution in [0.15, 0.2) is 12.2 Å². The van der Waals surface area contributed by atoms with E-state index in [0.29, 0.717) is 25.7 Å². The lowest BCUT2D eigenvalue weighted by Crippen LogP contribution is -2.65. The number of nitrogens with two attached hydrogens (primary N) is 2. The van der Waals surface area contributed by atoms with Crippen LogP contribution in [0, 0.1) is 11.8 Å². The molecule has 22 nitrogen and oxygen atoms in total. The third kappa shape index (κ3) is 20.0. The first-order chi connectivity index (χ1) is 30.9. The maximum Gasteiger partial charge on any atom is 0.305 e. The summed E-state index contributed by atoms with van der Waals surface area (Å²) in [5, 5.41) is 40.6. The van der Waals surface area contributed by atoms with E-state index in [0.717, 1.165) is 0 Å². The highest BCUT2D eigenvalue weighted by molar-refractivity contribution is 6.00. The molecule has 1 unspecified atom stereocenters. The van der Waals surface area contributed by atoms with Crippen LogP contribution >= 0.6 is 0 Å². The second-order valence-electron chi connectivity index (χ2n) is 19.4. The van der Waals surface area contributed by atoms with Crippen molar-refractivity contribution in [2.45, 2.75) is 199 Å². The van der Waals surface area contributed by atoms with Crippen molar-refractivity contribution in [3.63, 3.8) is 0 Å². The van der Waals surface area contributed by atoms with Crippen molar-refractivity contribution in [2.24, 2.45) is 23.3 Å². The summed E-state index contributed by atoms with van der Waals surface area (Å²) in [4.78, 5) is 134. The predicted molar refractivity (Wildman–Crippen MR) is 248 cm³/mol. The number of carbonyl (C=O) groups excluding carboxylic acids is 9. The molecule has 1 rings (SSSR count). The molecule has 0 saturated carbocycles. The lowest BCUT2D eigenvalue weighted by atomic mass is 9.90. The van der Waals surface area contributed by atoms with Crippen LogP contribution in [0.25, 0.3) is 0 Å². The first-order valence-electron chi connectivity index (χ1n) is 23.0. The zero-order valence-corrected chi connectivity index (χ0v) is 41.1. The molecule has 380 valence electrons. The number of hydrogen-bond acceptors (Lipinski definition) is 12. The van der Waals surface area contributed by atoms with Gasteiger partial charge in [-0.1, -0.05) is 46.3 Å². The lowest BCUT2D eigenvalue weighted by molar-refractivity contribution is -0.143. The molecular weight excluding hydrogens is 873 g/mol. The molecule has 14 N–H and O–H groups in total. The van der Waals surface area contributed by atoms with E-state index in [2.05, 4.69) is 42.5 Å². The second kappa shape index (κ2) is 26.6. The Kier molecular flexibility index (Phi) is 23.6. The van der Waals surface area contributed by atoms with E-state index in [1.807, 2.05) is 6.08 Å². The number of carboxylic acids is 1. The van der Waals surface area contributed by atoms with Crippen molar-refractivity contribution in [1.29, 1.82) is 0 Å². The summed E-state index contributed by atoms with van der Waals surface area (Å²) < 4.78 is 0. The fourth-order valence-electron chi connectivity index (χ4n) is 6.94. The van der Waals surface area contributed by atoms with E-state index in [9.17, 15) is 58.2 Å². The van der Waals surface area contributed by atoms with Crippen molar-refractivity contribution >= 4 is 59.1 Å². The summed E-state index contributed by atoms with van der Waals surface area (Å²) >= 11 is 0. The van der Waals surface area contributed by atoms with E-state index in [1.165, 1.54) is 27.7 Å². The van der Waals surface area contributed by atoms with Crippen LogP contribution in [0.1, 0.15) is 140 Å². The van der Waals surface area contributed by atoms with Gasteiger partial charge in [-0.2, -0.15) is 0 Å². The average molecular weight is 951 g/mol. The number of aliphatic carboxylic acids is 1. The number of primary amides is 1. The number of rotatable bonds is 16. The molecule has 1 aliphatic heterocycles. The first kappa shape index (κ1) is 59.4. The highest BCUT2D eigenvalue weighted by atomic mass is 16.4. The molecule has 0 aromatic carbocycles. The summed E-state index contributed by atoms with van der Waals surface area (Å²) in [5.41, 5.74) is 6.99. The minimum atomic E-state index is -1.75. The van der Waals surface area contributed by atoms with Gasteiger partial charge in [-0.25, -0.2) is 0 Å². The topological polar surface area (TPSA) is 359 Å². The van der Waals surface area contributed by atoms with E-state index in [-0.39, 0.29) is 38.0 Å². The molecule has 9 amide bonds. The van der Waals surface area contributed by atoms with Gasteiger partial charge in [-0.15, -0.1) is 0 Å². The van der Waals surface area contributed by atoms with E-state index in [1.54, 1.807) is 54.5 Å². The summed E-state index contributed by atoms with van der Waals surface area (Å²) in [6.07, 6.45) is 2.43. The van der Waals surface area contributed by atoms with Gasteiger partial charge in [0.25, 0.3) is 0 Å². The Bertz CT molecular complexity index is 1820. The Hall–Kier alpha value is -5.64. The van der Waals surface area contributed by atoms with E-state index in [4.69, 9.17) is 11.5 Å². The summed E-state index contributed by atoms with van der Waals surface area (Å²) in [6, 6.07) is -8.32. The van der Waals surface area contributed by atoms with Crippen LogP contribution in [-0.2, 0) is 47.9 Å². The molecule has 0 bridgehead atoms. The number of allylic oxidation sites excluding steroid dienone is 2. The average Bonchev–Trinajstić information content (AvgIpc) is 3.21. The highest BCUT2D eigenvalue weighted by Crippen LogP contribution is 2.20. The van der Waals surface area contributed by atoms with Gasteiger partial charge in [-0.05, 0) is 105 Å². The van der Waals surface area contributed by atoms with Crippen LogP contribution in [0.2, 0.25) is 0 Å². The van der Waals surface area contributed by atoms with Crippen LogP contribution < -0.4 is 54.0 Å². The molecule has 1 heterocycles. The molecule has 67 heavy (non-hydrogen) atoms. The van der Waals surface area contributed by atoms with Crippen molar-refractivity contribution in [3.05, 3.63) is 12.2 Å². The number of aliphatic hydroxyl groups excluding tert-OH is 1. The number of aliphatic hydroxyl groups is 1. The minimum absolute atomic E-state index is 0.00233. The molecule has 0 aliphatic carbocycles. The Labute approximate surface area is 393 Å². The Morgan fingerprint density at radius 3 is 1.94 bits per heavy atom. The maximum absolute atomic E-state index is 14.2. The number of carboxylic acid groups (broad SMARTS) is 1. The monoisotopic (exact) mass is 951 g/mol. The standard InChI is InChI=1S/C45H78N10O12/c1-12-25(4)34-39(64)50-29(23-31(58)59)37(62)55-45(11,42(67)52-33(24(2)3)40(65)53-43(7,8)9)22-18-16-14-13-15-17-21-44(10,41(66)48-26(5)35(60)51-34)54-36(61)28(19-20-30(46)57)49-38(63)32(47)27(6)56/h13-14,24-29,32-34,56H,12,15-23,47H2,1-11H3,(H2,46,57)(H,48,66)(H,49,63)(H,50,64)(H,51,60)(H,52,67)(H,53,65)(H,54,61)(H,55,62)(H,58,59)/b14-13+/t25-,26-,27+,28-,29-,32+,33-,34-,44-,45?/m0/s1. The molecule has 0 fully saturated rings. The lowest BCUT2D eigenvalue weighted by Gasteiger charge is -2.35. The van der Waals surface area contributed by atoms with Crippen LogP contribution in [0.3, 0.4) is 0 Å². The Morgan fingerprint density at radius 1 is 0.851 bits per heavy atom. The molecule has 0 aromatic rings. The smallest absolute Gasteiger partial charge is 0.305 e. The molecule has 22 heteroatoms. The van der Waals surface area contributed by atoms with Crippen molar-refractivity contribution in [2.75, 3.05) is 0 Å². The summed E-state index contributed by atoms with van der Waals surface area (Å²) in [5.74, 6) is -9.82. The number of hydrogen-bond donors (Lipinski definition) is 12. The molecule has 0 saturated heterocycles. The molecule has 10 atom stereocenters. The van der Waals surface area contributed by atoms with Gasteiger partial charge in [0, 0.05) is 12.0 Å². The molecule has 1 aliphatic rings. The van der Waals surface area contributed by atoms with Crippen molar-refractivity contribution < 1.29 is 58.2 Å². The maximum atomic E-state index is 14.2. The summed E-state index contributed by atoms with van der Waals surface area (Å²) in [6.45, 7) is 17.6. The van der Waals surface area contributed by atoms with Crippen LogP contribution in [0.4, 0.5) is 0 Å². The molecule has 0 radical (unpaired) electrons. The Morgan fingerprint density at radius 2 is 1.43 bits per heavy atom. The summed E-state index contributed by atoms with van der Waals surface area (Å²) in [7, 11) is 0. The quantitative estimate of drug-likeness (QED) is 0.0841. The van der Waals surface area contributed by atoms with Gasteiger partial charge in [0.1, 0.15) is 47.3 Å². The Balaban J connectivity index is 3.78. The fraction of sp³-hybridized carbons (Fsp3) is 0.733. The SMILES string of the molecule is CC[C@H](C)[C@@H]1NC(=O)[C@H](C)NC(=O)[C@@](C)(NC(=O)[C@H](CCC(N)=O)NC(=O)[C@H](N)[C@@H](C)O)CCC/C=C/CCCC(C)(C(=O)N[C@H](C(=O)NC(C)(C)C)C(C)C)NC(=O)[C@H](CC(=O)O)NC1=O. The van der Waals surface area contributed by atoms with E-state index >= 15 is 0 Å². The van der Waals surface area contributed by atoms with Crippen LogP contribution in [0.5, 0.6) is 0 Å². The molecular formula is C45H78N10O12. The number of nitrogens with one attached hydrogen (secondary N) is 8. The molecule has 0 aromatic heterocycles. The normalized spacial score (nSPS) is 25.7. The van der Waals surface area contributed by atoms with Gasteiger partial charge in [-0.3, -0.25) is 47.9 Å². The largest absolute Gasteiger partial charge is 0.481 e. The van der Waals surface area contributed by atoms with Gasteiger partial charge >= 0.3 is 5.97 Å². The van der Waals surface area contributed by atoms with Gasteiger partial charge in [0.05, 0.1) is 12.5 Å². The van der Waals surface area contributed by atoms with Crippen molar-refractivity contribution in [1.82, 2.24) is 42.5 Å². The highest BCUT2D eigenvalue weighted by Gasteiger charge is 2.42. The van der Waals surface area contributed by atoms with Gasteiger partial charge in [0.2, 0.25) is 53.2 Å². The van der Waals surface area contributed by atoms with Gasteiger partial charge in [0.15, 0.2) is 0 Å². The second-order valence-corrected chi connectivity index (χ2v) is 19.4. The third-order valence-electron chi connectivity index (χ3n) is 11.5. The predicted octanol–water partition coefficient (Wildman–Crippen LogP) is -0.844.